The van der Waals surface area contributed by atoms with Gasteiger partial charge in [-0.15, -0.1) is 24.0 Å². The van der Waals surface area contributed by atoms with Gasteiger partial charge >= 0.3 is 5.97 Å². The maximum Gasteiger partial charge on any atom is 0.305 e. The van der Waals surface area contributed by atoms with Crippen LogP contribution in [0.3, 0.4) is 0 Å². The average molecular weight is 493 g/mol. The first-order valence-corrected chi connectivity index (χ1v) is 9.05. The zero-order valence-corrected chi connectivity index (χ0v) is 18.4. The standard InChI is InChI=1S/C19H28FN3O3.HI/c1-4-25-18(24)6-5-11-22-19(21-3)23-12-14(2)26-17(13-23)15-7-9-16(20)10-8-15;/h7-10,14,17H,4-6,11-13H2,1-3H3,(H,21,22);1H. The number of benzene rings is 1. The summed E-state index contributed by atoms with van der Waals surface area (Å²) in [5.41, 5.74) is 0.945. The van der Waals surface area contributed by atoms with Gasteiger partial charge in [-0.25, -0.2) is 4.39 Å². The van der Waals surface area contributed by atoms with Crippen LogP contribution in [0.4, 0.5) is 4.39 Å². The number of esters is 1. The highest BCUT2D eigenvalue weighted by molar-refractivity contribution is 14.0. The summed E-state index contributed by atoms with van der Waals surface area (Å²) in [6.45, 7) is 6.21. The van der Waals surface area contributed by atoms with Crippen LogP contribution in [0.25, 0.3) is 0 Å². The van der Waals surface area contributed by atoms with E-state index in [1.54, 1.807) is 26.1 Å². The molecule has 0 aromatic heterocycles. The molecule has 0 amide bonds. The fourth-order valence-electron chi connectivity index (χ4n) is 2.98. The zero-order chi connectivity index (χ0) is 18.9. The van der Waals surface area contributed by atoms with Crippen molar-refractivity contribution in [3.05, 3.63) is 35.6 Å². The van der Waals surface area contributed by atoms with E-state index in [4.69, 9.17) is 9.47 Å². The van der Waals surface area contributed by atoms with Crippen molar-refractivity contribution in [3.63, 3.8) is 0 Å². The van der Waals surface area contributed by atoms with E-state index in [0.717, 1.165) is 18.1 Å². The number of nitrogens with zero attached hydrogens (tertiary/aromatic N) is 2. The highest BCUT2D eigenvalue weighted by atomic mass is 127. The first kappa shape index (κ1) is 23.6. The number of guanidine groups is 1. The molecule has 1 heterocycles. The summed E-state index contributed by atoms with van der Waals surface area (Å²) in [5, 5.41) is 3.29. The van der Waals surface area contributed by atoms with Crippen molar-refractivity contribution in [2.45, 2.75) is 38.9 Å². The number of carbonyl (C=O) groups is 1. The first-order valence-electron chi connectivity index (χ1n) is 9.05. The molecule has 27 heavy (non-hydrogen) atoms. The van der Waals surface area contributed by atoms with Gasteiger partial charge in [0, 0.05) is 26.6 Å². The van der Waals surface area contributed by atoms with Crippen LogP contribution in [0.15, 0.2) is 29.3 Å². The summed E-state index contributed by atoms with van der Waals surface area (Å²) in [5.74, 6) is 0.338. The Morgan fingerprint density at radius 1 is 1.37 bits per heavy atom. The topological polar surface area (TPSA) is 63.2 Å². The zero-order valence-electron chi connectivity index (χ0n) is 16.1. The van der Waals surface area contributed by atoms with Crippen molar-refractivity contribution in [1.29, 1.82) is 0 Å². The Morgan fingerprint density at radius 3 is 2.70 bits per heavy atom. The van der Waals surface area contributed by atoms with Gasteiger partial charge in [0.2, 0.25) is 0 Å². The Kier molecular flexibility index (Phi) is 10.6. The molecule has 0 spiro atoms. The van der Waals surface area contributed by atoms with Gasteiger partial charge in [-0.1, -0.05) is 12.1 Å². The lowest BCUT2D eigenvalue weighted by Crippen LogP contribution is -2.50. The van der Waals surface area contributed by atoms with Crippen LogP contribution in [0.5, 0.6) is 0 Å². The largest absolute Gasteiger partial charge is 0.466 e. The van der Waals surface area contributed by atoms with Crippen molar-refractivity contribution in [2.75, 3.05) is 33.3 Å². The minimum atomic E-state index is -0.256. The van der Waals surface area contributed by atoms with E-state index < -0.39 is 0 Å². The number of nitrogens with one attached hydrogen (secondary N) is 1. The maximum absolute atomic E-state index is 13.2. The first-order chi connectivity index (χ1) is 12.5. The number of carbonyl (C=O) groups excluding carboxylic acids is 1. The van der Waals surface area contributed by atoms with Crippen molar-refractivity contribution in [1.82, 2.24) is 10.2 Å². The van der Waals surface area contributed by atoms with E-state index in [1.165, 1.54) is 12.1 Å². The van der Waals surface area contributed by atoms with Crippen LogP contribution in [-0.4, -0.2) is 56.2 Å². The number of hydrogen-bond donors (Lipinski definition) is 1. The maximum atomic E-state index is 13.2. The Balaban J connectivity index is 0.00000364. The highest BCUT2D eigenvalue weighted by Gasteiger charge is 2.28. The molecule has 0 radical (unpaired) electrons. The molecule has 0 saturated carbocycles. The molecule has 1 aromatic rings. The average Bonchev–Trinajstić information content (AvgIpc) is 2.62. The van der Waals surface area contributed by atoms with Crippen molar-refractivity contribution in [2.24, 2.45) is 4.99 Å². The van der Waals surface area contributed by atoms with E-state index in [0.29, 0.717) is 32.5 Å². The van der Waals surface area contributed by atoms with Gasteiger partial charge in [-0.2, -0.15) is 0 Å². The smallest absolute Gasteiger partial charge is 0.305 e. The van der Waals surface area contributed by atoms with Crippen LogP contribution in [0, 0.1) is 5.82 Å². The van der Waals surface area contributed by atoms with E-state index in [9.17, 15) is 9.18 Å². The lowest BCUT2D eigenvalue weighted by molar-refractivity contribution is -0.143. The second-order valence-corrected chi connectivity index (χ2v) is 6.27. The summed E-state index contributed by atoms with van der Waals surface area (Å²) in [6.07, 6.45) is 0.948. The fraction of sp³-hybridized carbons (Fsp3) is 0.579. The minimum Gasteiger partial charge on any atom is -0.466 e. The SMILES string of the molecule is CCOC(=O)CCCNC(=NC)N1CC(C)OC(c2ccc(F)cc2)C1.I. The molecule has 0 bridgehead atoms. The molecule has 2 rings (SSSR count). The van der Waals surface area contributed by atoms with Crippen LogP contribution in [0.2, 0.25) is 0 Å². The molecular formula is C19H29FIN3O3. The van der Waals surface area contributed by atoms with Crippen molar-refractivity contribution >= 4 is 35.9 Å². The van der Waals surface area contributed by atoms with E-state index in [2.05, 4.69) is 15.2 Å². The molecule has 0 aliphatic carbocycles. The van der Waals surface area contributed by atoms with Gasteiger partial charge in [0.15, 0.2) is 5.96 Å². The monoisotopic (exact) mass is 493 g/mol. The van der Waals surface area contributed by atoms with Crippen LogP contribution in [0.1, 0.15) is 38.4 Å². The molecule has 1 fully saturated rings. The third-order valence-electron chi connectivity index (χ3n) is 4.16. The number of hydrogen-bond acceptors (Lipinski definition) is 4. The summed E-state index contributed by atoms with van der Waals surface area (Å²) in [6, 6.07) is 6.41. The predicted molar refractivity (Wildman–Crippen MR) is 114 cm³/mol. The minimum absolute atomic E-state index is 0. The molecule has 8 heteroatoms. The number of rotatable bonds is 6. The Bertz CT molecular complexity index is 613. The highest BCUT2D eigenvalue weighted by Crippen LogP contribution is 2.25. The Morgan fingerprint density at radius 2 is 2.07 bits per heavy atom. The van der Waals surface area contributed by atoms with E-state index in [-0.39, 0.29) is 48.0 Å². The van der Waals surface area contributed by atoms with Gasteiger partial charge in [-0.3, -0.25) is 9.79 Å². The Hall–Kier alpha value is -1.42. The van der Waals surface area contributed by atoms with Crippen LogP contribution >= 0.6 is 24.0 Å². The normalized spacial score (nSPS) is 20.0. The third-order valence-corrected chi connectivity index (χ3v) is 4.16. The second kappa shape index (κ2) is 12.1. The molecule has 2 unspecified atom stereocenters. The molecule has 152 valence electrons. The van der Waals surface area contributed by atoms with Crippen molar-refractivity contribution < 1.29 is 18.7 Å². The van der Waals surface area contributed by atoms with E-state index >= 15 is 0 Å². The Labute approximate surface area is 177 Å². The van der Waals surface area contributed by atoms with Crippen LogP contribution < -0.4 is 5.32 Å². The van der Waals surface area contributed by atoms with Gasteiger partial charge in [0.25, 0.3) is 0 Å². The van der Waals surface area contributed by atoms with Crippen molar-refractivity contribution in [3.8, 4) is 0 Å². The molecule has 6 nitrogen and oxygen atoms in total. The number of halogens is 2. The molecule has 1 saturated heterocycles. The lowest BCUT2D eigenvalue weighted by Gasteiger charge is -2.38. The summed E-state index contributed by atoms with van der Waals surface area (Å²) >= 11 is 0. The summed E-state index contributed by atoms with van der Waals surface area (Å²) in [7, 11) is 1.74. The van der Waals surface area contributed by atoms with Crippen LogP contribution in [-0.2, 0) is 14.3 Å². The predicted octanol–water partition coefficient (Wildman–Crippen LogP) is 3.12. The number of aliphatic imine (C=N–C) groups is 1. The number of ether oxygens (including phenoxy) is 2. The molecular weight excluding hydrogens is 464 g/mol. The molecule has 1 aliphatic rings. The number of morpholine rings is 1. The fourth-order valence-corrected chi connectivity index (χ4v) is 2.98. The van der Waals surface area contributed by atoms with Gasteiger partial charge in [0.05, 0.1) is 19.3 Å². The molecule has 1 aromatic carbocycles. The molecule has 1 N–H and O–H groups in total. The summed E-state index contributed by atoms with van der Waals surface area (Å²) < 4.78 is 24.1. The van der Waals surface area contributed by atoms with Gasteiger partial charge in [0.1, 0.15) is 11.9 Å². The third kappa shape index (κ3) is 7.61. The van der Waals surface area contributed by atoms with E-state index in [1.807, 2.05) is 6.92 Å². The quantitative estimate of drug-likeness (QED) is 0.217. The molecule has 1 aliphatic heterocycles. The molecule has 2 atom stereocenters. The van der Waals surface area contributed by atoms with Gasteiger partial charge < -0.3 is 19.7 Å². The summed E-state index contributed by atoms with van der Waals surface area (Å²) in [4.78, 5) is 17.9. The lowest BCUT2D eigenvalue weighted by atomic mass is 10.1. The van der Waals surface area contributed by atoms with Gasteiger partial charge in [-0.05, 0) is 38.0 Å². The second-order valence-electron chi connectivity index (χ2n) is 6.27.